The van der Waals surface area contributed by atoms with Crippen molar-refractivity contribution in [3.8, 4) is 5.95 Å². The van der Waals surface area contributed by atoms with Gasteiger partial charge in [-0.3, -0.25) is 4.57 Å². The predicted octanol–water partition coefficient (Wildman–Crippen LogP) is 1.48. The number of ether oxygens (including phenoxy) is 1. The molecule has 9 heteroatoms. The van der Waals surface area contributed by atoms with Gasteiger partial charge in [0.25, 0.3) is 0 Å². The molecule has 0 radical (unpaired) electrons. The molecule has 4 heterocycles. The van der Waals surface area contributed by atoms with Gasteiger partial charge in [0.05, 0.1) is 24.2 Å². The molecule has 0 spiro atoms. The lowest BCUT2D eigenvalue weighted by atomic mass is 10.3. The number of para-hydroxylation sites is 2. The number of benzene rings is 1. The van der Waals surface area contributed by atoms with Gasteiger partial charge in [-0.15, -0.1) is 12.4 Å². The fourth-order valence-electron chi connectivity index (χ4n) is 3.65. The van der Waals surface area contributed by atoms with Gasteiger partial charge in [-0.05, 0) is 12.1 Å². The number of fused-ring (bicyclic) bond motifs is 1. The Morgan fingerprint density at radius 3 is 2.32 bits per heavy atom. The summed E-state index contributed by atoms with van der Waals surface area (Å²) in [4.78, 5) is 18.9. The molecular weight excluding hydrogens is 378 g/mol. The Labute approximate surface area is 169 Å². The number of anilines is 2. The Morgan fingerprint density at radius 1 is 0.893 bits per heavy atom. The number of nitrogens with one attached hydrogen (secondary N) is 1. The van der Waals surface area contributed by atoms with Gasteiger partial charge >= 0.3 is 0 Å². The summed E-state index contributed by atoms with van der Waals surface area (Å²) in [6.45, 7) is 7.00. The number of hydrogen-bond donors (Lipinski definition) is 1. The quantitative estimate of drug-likeness (QED) is 0.712. The van der Waals surface area contributed by atoms with Crippen LogP contribution in [0.4, 0.5) is 11.6 Å². The van der Waals surface area contributed by atoms with Gasteiger partial charge in [0.2, 0.25) is 5.95 Å². The van der Waals surface area contributed by atoms with Crippen molar-refractivity contribution in [2.24, 2.45) is 0 Å². The molecule has 28 heavy (non-hydrogen) atoms. The Kier molecular flexibility index (Phi) is 5.61. The standard InChI is InChI=1S/C19H23N7O.ClH/c1-2-4-16-15(3-1)21-14-26(16)19-22-17(24-7-5-20-6-8-24)13-18(23-19)25-9-11-27-12-10-25;/h1-4,13-14,20H,5-12H2;1H. The number of halogens is 1. The number of hydrogen-bond acceptors (Lipinski definition) is 7. The number of nitrogens with zero attached hydrogens (tertiary/aromatic N) is 6. The largest absolute Gasteiger partial charge is 0.378 e. The highest BCUT2D eigenvalue weighted by molar-refractivity contribution is 5.85. The lowest BCUT2D eigenvalue weighted by Gasteiger charge is -2.31. The molecule has 2 saturated heterocycles. The fraction of sp³-hybridized carbons (Fsp3) is 0.421. The van der Waals surface area contributed by atoms with E-state index in [9.17, 15) is 0 Å². The molecule has 2 aliphatic rings. The van der Waals surface area contributed by atoms with E-state index < -0.39 is 0 Å². The minimum atomic E-state index is 0. The van der Waals surface area contributed by atoms with Crippen molar-refractivity contribution in [3.05, 3.63) is 36.7 Å². The number of aromatic nitrogens is 4. The normalized spacial score (nSPS) is 17.6. The van der Waals surface area contributed by atoms with E-state index in [-0.39, 0.29) is 12.4 Å². The molecule has 3 aromatic rings. The maximum absolute atomic E-state index is 5.51. The van der Waals surface area contributed by atoms with Crippen LogP contribution in [0, 0.1) is 0 Å². The van der Waals surface area contributed by atoms with Gasteiger partial charge in [-0.2, -0.15) is 9.97 Å². The van der Waals surface area contributed by atoms with Crippen molar-refractivity contribution >= 4 is 35.1 Å². The van der Waals surface area contributed by atoms with Crippen LogP contribution in [0.5, 0.6) is 0 Å². The average Bonchev–Trinajstić information content (AvgIpc) is 3.19. The minimum Gasteiger partial charge on any atom is -0.378 e. The maximum Gasteiger partial charge on any atom is 0.239 e. The highest BCUT2D eigenvalue weighted by atomic mass is 35.5. The smallest absolute Gasteiger partial charge is 0.239 e. The van der Waals surface area contributed by atoms with E-state index in [1.165, 1.54) is 0 Å². The first-order valence-electron chi connectivity index (χ1n) is 9.48. The van der Waals surface area contributed by atoms with Gasteiger partial charge in [0.1, 0.15) is 18.0 Å². The summed E-state index contributed by atoms with van der Waals surface area (Å²) in [6, 6.07) is 10.2. The average molecular weight is 402 g/mol. The van der Waals surface area contributed by atoms with E-state index in [4.69, 9.17) is 14.7 Å². The molecule has 5 rings (SSSR count). The molecular formula is C19H24ClN7O. The molecule has 0 bridgehead atoms. The van der Waals surface area contributed by atoms with E-state index in [2.05, 4.69) is 32.2 Å². The first-order valence-corrected chi connectivity index (χ1v) is 9.48. The Hall–Kier alpha value is -2.42. The molecule has 2 fully saturated rings. The Balaban J connectivity index is 0.00000192. The lowest BCUT2D eigenvalue weighted by molar-refractivity contribution is 0.122. The summed E-state index contributed by atoms with van der Waals surface area (Å²) in [6.07, 6.45) is 1.81. The lowest BCUT2D eigenvalue weighted by Crippen LogP contribution is -2.44. The Bertz CT molecular complexity index is 899. The summed E-state index contributed by atoms with van der Waals surface area (Å²) in [5, 5.41) is 3.40. The third-order valence-corrected chi connectivity index (χ3v) is 5.13. The number of rotatable bonds is 3. The van der Waals surface area contributed by atoms with Crippen LogP contribution in [0.15, 0.2) is 36.7 Å². The van der Waals surface area contributed by atoms with E-state index in [0.29, 0.717) is 5.95 Å². The predicted molar refractivity (Wildman–Crippen MR) is 112 cm³/mol. The summed E-state index contributed by atoms with van der Waals surface area (Å²) < 4.78 is 7.49. The highest BCUT2D eigenvalue weighted by Gasteiger charge is 2.20. The van der Waals surface area contributed by atoms with Crippen molar-refractivity contribution < 1.29 is 4.74 Å². The van der Waals surface area contributed by atoms with Crippen LogP contribution in [0.25, 0.3) is 17.0 Å². The van der Waals surface area contributed by atoms with Crippen LogP contribution in [0.3, 0.4) is 0 Å². The van der Waals surface area contributed by atoms with Gasteiger partial charge in [-0.25, -0.2) is 4.98 Å². The van der Waals surface area contributed by atoms with Crippen molar-refractivity contribution in [2.45, 2.75) is 0 Å². The molecule has 2 aromatic heterocycles. The molecule has 0 aliphatic carbocycles. The molecule has 8 nitrogen and oxygen atoms in total. The first kappa shape index (κ1) is 18.9. The molecule has 1 aromatic carbocycles. The zero-order valence-corrected chi connectivity index (χ0v) is 16.4. The Morgan fingerprint density at radius 2 is 1.57 bits per heavy atom. The monoisotopic (exact) mass is 401 g/mol. The highest BCUT2D eigenvalue weighted by Crippen LogP contribution is 2.24. The van der Waals surface area contributed by atoms with E-state index in [1.54, 1.807) is 0 Å². The van der Waals surface area contributed by atoms with Crippen molar-refractivity contribution in [3.63, 3.8) is 0 Å². The van der Waals surface area contributed by atoms with Crippen molar-refractivity contribution in [1.82, 2.24) is 24.8 Å². The summed E-state index contributed by atoms with van der Waals surface area (Å²) in [7, 11) is 0. The minimum absolute atomic E-state index is 0. The second kappa shape index (κ2) is 8.30. The van der Waals surface area contributed by atoms with Crippen LogP contribution in [0.2, 0.25) is 0 Å². The van der Waals surface area contributed by atoms with Gasteiger partial charge in [0, 0.05) is 45.3 Å². The van der Waals surface area contributed by atoms with Crippen LogP contribution in [-0.4, -0.2) is 72.0 Å². The molecule has 0 atom stereocenters. The van der Waals surface area contributed by atoms with Gasteiger partial charge in [0.15, 0.2) is 0 Å². The van der Waals surface area contributed by atoms with Crippen molar-refractivity contribution in [2.75, 3.05) is 62.3 Å². The first-order chi connectivity index (χ1) is 13.4. The second-order valence-corrected chi connectivity index (χ2v) is 6.82. The summed E-state index contributed by atoms with van der Waals surface area (Å²) >= 11 is 0. The maximum atomic E-state index is 5.51. The third kappa shape index (κ3) is 3.63. The molecule has 0 amide bonds. The van der Waals surface area contributed by atoms with Crippen LogP contribution in [0.1, 0.15) is 0 Å². The van der Waals surface area contributed by atoms with E-state index in [1.807, 2.05) is 29.1 Å². The van der Waals surface area contributed by atoms with E-state index in [0.717, 1.165) is 75.2 Å². The SMILES string of the molecule is Cl.c1ccc2c(c1)ncn2-c1nc(N2CCNCC2)cc(N2CCOCC2)n1. The zero-order valence-electron chi connectivity index (χ0n) is 15.6. The summed E-state index contributed by atoms with van der Waals surface area (Å²) in [5.74, 6) is 2.59. The summed E-state index contributed by atoms with van der Waals surface area (Å²) in [5.41, 5.74) is 1.96. The van der Waals surface area contributed by atoms with Crippen LogP contribution < -0.4 is 15.1 Å². The zero-order chi connectivity index (χ0) is 18.1. The van der Waals surface area contributed by atoms with Crippen LogP contribution >= 0.6 is 12.4 Å². The van der Waals surface area contributed by atoms with Crippen LogP contribution in [-0.2, 0) is 4.74 Å². The van der Waals surface area contributed by atoms with Gasteiger partial charge in [-0.1, -0.05) is 12.1 Å². The fourth-order valence-corrected chi connectivity index (χ4v) is 3.65. The van der Waals surface area contributed by atoms with Crippen molar-refractivity contribution in [1.29, 1.82) is 0 Å². The third-order valence-electron chi connectivity index (χ3n) is 5.13. The van der Waals surface area contributed by atoms with Gasteiger partial charge < -0.3 is 19.9 Å². The number of piperazine rings is 1. The topological polar surface area (TPSA) is 71.3 Å². The molecule has 0 saturated carbocycles. The molecule has 0 unspecified atom stereocenters. The number of morpholine rings is 1. The number of imidazole rings is 1. The van der Waals surface area contributed by atoms with E-state index >= 15 is 0 Å². The molecule has 1 N–H and O–H groups in total. The molecule has 2 aliphatic heterocycles. The second-order valence-electron chi connectivity index (χ2n) is 6.82. The molecule has 148 valence electrons.